The monoisotopic (exact) mass is 281 g/mol. The molecule has 3 rings (SSSR count). The Morgan fingerprint density at radius 3 is 2.81 bits per heavy atom. The van der Waals surface area contributed by atoms with Crippen LogP contribution in [0.4, 0.5) is 0 Å². The molecule has 5 heteroatoms. The number of aliphatic hydroxyl groups excluding tert-OH is 1. The average Bonchev–Trinajstić information content (AvgIpc) is 2.97. The molecule has 0 saturated carbocycles. The van der Waals surface area contributed by atoms with Crippen LogP contribution in [0.25, 0.3) is 10.9 Å². The number of rotatable bonds is 4. The van der Waals surface area contributed by atoms with Crippen LogP contribution in [0.15, 0.2) is 55.0 Å². The molecule has 0 radical (unpaired) electrons. The number of para-hydroxylation sites is 1. The first kappa shape index (κ1) is 13.3. The standard InChI is InChI=1S/C16H15N3O2/c20-15(11-5-7-17-8-6-11)10-19-16(21)13-9-18-14-4-2-1-3-12(13)14/h1-9,15,18,20H,10H2,(H,19,21)/t15-/m1/s1. The van der Waals surface area contributed by atoms with Crippen molar-refractivity contribution >= 4 is 16.8 Å². The molecule has 3 N–H and O–H groups in total. The van der Waals surface area contributed by atoms with Gasteiger partial charge in [0.1, 0.15) is 0 Å². The van der Waals surface area contributed by atoms with Crippen LogP contribution < -0.4 is 5.32 Å². The molecule has 5 nitrogen and oxygen atoms in total. The Bertz CT molecular complexity index is 752. The highest BCUT2D eigenvalue weighted by Gasteiger charge is 2.13. The number of hydrogen-bond acceptors (Lipinski definition) is 3. The van der Waals surface area contributed by atoms with Crippen molar-refractivity contribution < 1.29 is 9.90 Å². The van der Waals surface area contributed by atoms with E-state index < -0.39 is 6.10 Å². The smallest absolute Gasteiger partial charge is 0.253 e. The topological polar surface area (TPSA) is 78.0 Å². The molecule has 0 spiro atoms. The quantitative estimate of drug-likeness (QED) is 0.684. The molecule has 0 unspecified atom stereocenters. The van der Waals surface area contributed by atoms with E-state index in [2.05, 4.69) is 15.3 Å². The van der Waals surface area contributed by atoms with Gasteiger partial charge in [-0.1, -0.05) is 18.2 Å². The third-order valence-electron chi connectivity index (χ3n) is 3.38. The average molecular weight is 281 g/mol. The number of H-pyrrole nitrogens is 1. The molecule has 2 heterocycles. The van der Waals surface area contributed by atoms with E-state index in [4.69, 9.17) is 0 Å². The summed E-state index contributed by atoms with van der Waals surface area (Å²) in [5.41, 5.74) is 2.22. The van der Waals surface area contributed by atoms with Gasteiger partial charge in [-0.25, -0.2) is 0 Å². The highest BCUT2D eigenvalue weighted by Crippen LogP contribution is 2.17. The summed E-state index contributed by atoms with van der Waals surface area (Å²) >= 11 is 0. The Labute approximate surface area is 121 Å². The van der Waals surface area contributed by atoms with Crippen molar-refractivity contribution in [2.45, 2.75) is 6.10 Å². The first-order valence-corrected chi connectivity index (χ1v) is 6.68. The van der Waals surface area contributed by atoms with Crippen molar-refractivity contribution in [1.82, 2.24) is 15.3 Å². The minimum atomic E-state index is -0.748. The molecule has 0 saturated heterocycles. The molecule has 21 heavy (non-hydrogen) atoms. The fourth-order valence-electron chi connectivity index (χ4n) is 2.25. The maximum Gasteiger partial charge on any atom is 0.253 e. The van der Waals surface area contributed by atoms with E-state index in [0.717, 1.165) is 16.5 Å². The zero-order valence-corrected chi connectivity index (χ0v) is 11.3. The number of pyridine rings is 1. The molecule has 1 aromatic carbocycles. The van der Waals surface area contributed by atoms with Crippen LogP contribution in [-0.2, 0) is 0 Å². The van der Waals surface area contributed by atoms with Crippen molar-refractivity contribution in [2.75, 3.05) is 6.54 Å². The number of aromatic nitrogens is 2. The summed E-state index contributed by atoms with van der Waals surface area (Å²) in [6.45, 7) is 0.155. The number of carbonyl (C=O) groups is 1. The van der Waals surface area contributed by atoms with E-state index in [1.807, 2.05) is 24.3 Å². The molecule has 0 bridgehead atoms. The molecular formula is C16H15N3O2. The van der Waals surface area contributed by atoms with Crippen LogP contribution in [0, 0.1) is 0 Å². The molecule has 2 aromatic heterocycles. The summed E-state index contributed by atoms with van der Waals surface area (Å²) < 4.78 is 0. The normalized spacial score (nSPS) is 12.2. The number of nitrogens with one attached hydrogen (secondary N) is 2. The van der Waals surface area contributed by atoms with E-state index in [0.29, 0.717) is 5.56 Å². The van der Waals surface area contributed by atoms with Crippen LogP contribution in [0.3, 0.4) is 0 Å². The van der Waals surface area contributed by atoms with Crippen molar-refractivity contribution in [2.24, 2.45) is 0 Å². The Morgan fingerprint density at radius 2 is 2.00 bits per heavy atom. The molecule has 106 valence electrons. The number of fused-ring (bicyclic) bond motifs is 1. The van der Waals surface area contributed by atoms with E-state index in [9.17, 15) is 9.90 Å². The van der Waals surface area contributed by atoms with Crippen molar-refractivity contribution in [1.29, 1.82) is 0 Å². The number of carbonyl (C=O) groups excluding carboxylic acids is 1. The number of hydrogen-bond donors (Lipinski definition) is 3. The molecule has 1 amide bonds. The van der Waals surface area contributed by atoms with Crippen LogP contribution in [0.2, 0.25) is 0 Å². The van der Waals surface area contributed by atoms with Crippen LogP contribution in [0.1, 0.15) is 22.0 Å². The number of aromatic amines is 1. The van der Waals surface area contributed by atoms with Gasteiger partial charge in [-0.05, 0) is 23.8 Å². The first-order valence-electron chi connectivity index (χ1n) is 6.68. The minimum Gasteiger partial charge on any atom is -0.387 e. The van der Waals surface area contributed by atoms with Gasteiger partial charge in [-0.15, -0.1) is 0 Å². The summed E-state index contributed by atoms with van der Waals surface area (Å²) in [7, 11) is 0. The third-order valence-corrected chi connectivity index (χ3v) is 3.38. The van der Waals surface area contributed by atoms with Gasteiger partial charge in [0.25, 0.3) is 5.91 Å². The number of aliphatic hydroxyl groups is 1. The highest BCUT2D eigenvalue weighted by atomic mass is 16.3. The van der Waals surface area contributed by atoms with Gasteiger partial charge in [0, 0.05) is 36.0 Å². The number of benzene rings is 1. The lowest BCUT2D eigenvalue weighted by atomic mass is 10.1. The van der Waals surface area contributed by atoms with Crippen LogP contribution in [-0.4, -0.2) is 27.5 Å². The third kappa shape index (κ3) is 2.78. The van der Waals surface area contributed by atoms with E-state index in [1.54, 1.807) is 30.7 Å². The highest BCUT2D eigenvalue weighted by molar-refractivity contribution is 6.06. The fraction of sp³-hybridized carbons (Fsp3) is 0.125. The minimum absolute atomic E-state index is 0.155. The lowest BCUT2D eigenvalue weighted by molar-refractivity contribution is 0.0918. The van der Waals surface area contributed by atoms with Crippen molar-refractivity contribution in [3.8, 4) is 0 Å². The van der Waals surface area contributed by atoms with Gasteiger partial charge in [0.05, 0.1) is 11.7 Å². The second-order valence-corrected chi connectivity index (χ2v) is 4.75. The van der Waals surface area contributed by atoms with Crippen LogP contribution >= 0.6 is 0 Å². The van der Waals surface area contributed by atoms with E-state index >= 15 is 0 Å². The molecule has 3 aromatic rings. The van der Waals surface area contributed by atoms with E-state index in [1.165, 1.54) is 0 Å². The van der Waals surface area contributed by atoms with Gasteiger partial charge in [-0.2, -0.15) is 0 Å². The summed E-state index contributed by atoms with van der Waals surface area (Å²) in [5.74, 6) is -0.208. The zero-order valence-electron chi connectivity index (χ0n) is 11.3. The Hall–Kier alpha value is -2.66. The Balaban J connectivity index is 1.70. The van der Waals surface area contributed by atoms with Gasteiger partial charge in [0.2, 0.25) is 0 Å². The number of amides is 1. The summed E-state index contributed by atoms with van der Waals surface area (Å²) in [6.07, 6.45) is 4.15. The summed E-state index contributed by atoms with van der Waals surface area (Å²) in [4.78, 5) is 19.2. The molecule has 0 aliphatic heterocycles. The largest absolute Gasteiger partial charge is 0.387 e. The molecule has 1 atom stereocenters. The van der Waals surface area contributed by atoms with Crippen molar-refractivity contribution in [3.05, 3.63) is 66.1 Å². The number of nitrogens with zero attached hydrogens (tertiary/aromatic N) is 1. The van der Waals surface area contributed by atoms with Gasteiger partial charge in [0.15, 0.2) is 0 Å². The van der Waals surface area contributed by atoms with Gasteiger partial charge < -0.3 is 15.4 Å². The maximum atomic E-state index is 12.2. The SMILES string of the molecule is O=C(NC[C@@H](O)c1ccncc1)c1c[nH]c2ccccc12. The predicted molar refractivity (Wildman–Crippen MR) is 79.8 cm³/mol. The predicted octanol–water partition coefficient (Wildman–Crippen LogP) is 2.03. The van der Waals surface area contributed by atoms with Gasteiger partial charge >= 0.3 is 0 Å². The van der Waals surface area contributed by atoms with Crippen molar-refractivity contribution in [3.63, 3.8) is 0 Å². The second-order valence-electron chi connectivity index (χ2n) is 4.75. The molecule has 0 aliphatic rings. The fourth-order valence-corrected chi connectivity index (χ4v) is 2.25. The lowest BCUT2D eigenvalue weighted by Gasteiger charge is -2.11. The molecular weight excluding hydrogens is 266 g/mol. The lowest BCUT2D eigenvalue weighted by Crippen LogP contribution is -2.28. The second kappa shape index (κ2) is 5.76. The zero-order chi connectivity index (χ0) is 14.7. The maximum absolute atomic E-state index is 12.2. The van der Waals surface area contributed by atoms with Crippen LogP contribution in [0.5, 0.6) is 0 Å². The first-order chi connectivity index (χ1) is 10.3. The van der Waals surface area contributed by atoms with E-state index in [-0.39, 0.29) is 12.5 Å². The summed E-state index contributed by atoms with van der Waals surface area (Å²) in [5, 5.41) is 13.6. The Kier molecular flexibility index (Phi) is 3.66. The molecule has 0 aliphatic carbocycles. The molecule has 0 fully saturated rings. The summed E-state index contributed by atoms with van der Waals surface area (Å²) in [6, 6.07) is 11.1. The van der Waals surface area contributed by atoms with Gasteiger partial charge in [-0.3, -0.25) is 9.78 Å². The Morgan fingerprint density at radius 1 is 1.24 bits per heavy atom.